The maximum atomic E-state index is 13.6. The Morgan fingerprint density at radius 1 is 1.19 bits per heavy atom. The summed E-state index contributed by atoms with van der Waals surface area (Å²) in [6, 6.07) is 13.6. The summed E-state index contributed by atoms with van der Waals surface area (Å²) in [4.78, 5) is 12.9. The predicted octanol–water partition coefficient (Wildman–Crippen LogP) is 4.14. The highest BCUT2D eigenvalue weighted by molar-refractivity contribution is 5.85. The van der Waals surface area contributed by atoms with Gasteiger partial charge in [-0.1, -0.05) is 43.3 Å². The largest absolute Gasteiger partial charge is 0.351 e. The van der Waals surface area contributed by atoms with E-state index in [0.29, 0.717) is 13.0 Å². The van der Waals surface area contributed by atoms with Crippen LogP contribution in [0, 0.1) is 11.6 Å². The van der Waals surface area contributed by atoms with Crippen LogP contribution in [0.15, 0.2) is 48.5 Å². The lowest BCUT2D eigenvalue weighted by Gasteiger charge is -2.34. The third-order valence-electron chi connectivity index (χ3n) is 5.11. The van der Waals surface area contributed by atoms with Crippen LogP contribution in [0.5, 0.6) is 0 Å². The Balaban J connectivity index is 0.00000261. The van der Waals surface area contributed by atoms with Crippen molar-refractivity contribution in [3.8, 4) is 0 Å². The molecule has 2 N–H and O–H groups in total. The summed E-state index contributed by atoms with van der Waals surface area (Å²) in [5.41, 5.74) is 1.71. The molecule has 146 valence electrons. The summed E-state index contributed by atoms with van der Waals surface area (Å²) in [5, 5.41) is 6.41. The van der Waals surface area contributed by atoms with Gasteiger partial charge in [0.2, 0.25) is 5.91 Å². The van der Waals surface area contributed by atoms with Crippen LogP contribution >= 0.6 is 12.4 Å². The second-order valence-corrected chi connectivity index (χ2v) is 6.76. The summed E-state index contributed by atoms with van der Waals surface area (Å²) < 4.78 is 26.9. The molecule has 0 radical (unpaired) electrons. The van der Waals surface area contributed by atoms with E-state index in [4.69, 9.17) is 0 Å². The lowest BCUT2D eigenvalue weighted by Crippen LogP contribution is -2.51. The molecule has 27 heavy (non-hydrogen) atoms. The Morgan fingerprint density at radius 2 is 1.93 bits per heavy atom. The van der Waals surface area contributed by atoms with Crippen LogP contribution in [0.2, 0.25) is 0 Å². The van der Waals surface area contributed by atoms with Gasteiger partial charge in [0, 0.05) is 18.5 Å². The molecule has 2 aromatic rings. The van der Waals surface area contributed by atoms with Gasteiger partial charge in [-0.25, -0.2) is 8.78 Å². The van der Waals surface area contributed by atoms with Gasteiger partial charge in [0.15, 0.2) is 11.6 Å². The minimum Gasteiger partial charge on any atom is -0.351 e. The molecule has 6 heteroatoms. The second kappa shape index (κ2) is 9.81. The van der Waals surface area contributed by atoms with Gasteiger partial charge in [-0.2, -0.15) is 0 Å². The number of benzene rings is 2. The van der Waals surface area contributed by atoms with E-state index < -0.39 is 11.6 Å². The normalized spacial score (nSPS) is 20.4. The molecular formula is C21H25ClF2N2O. The smallest absolute Gasteiger partial charge is 0.227 e. The van der Waals surface area contributed by atoms with Crippen LogP contribution < -0.4 is 10.6 Å². The van der Waals surface area contributed by atoms with Crippen molar-refractivity contribution in [2.75, 3.05) is 13.1 Å². The van der Waals surface area contributed by atoms with E-state index in [0.717, 1.165) is 30.2 Å². The number of piperidine rings is 1. The molecule has 3 unspecified atom stereocenters. The van der Waals surface area contributed by atoms with Crippen molar-refractivity contribution in [2.45, 2.75) is 37.6 Å². The first-order valence-corrected chi connectivity index (χ1v) is 9.11. The summed E-state index contributed by atoms with van der Waals surface area (Å²) in [7, 11) is 0. The molecule has 2 aromatic carbocycles. The third-order valence-corrected chi connectivity index (χ3v) is 5.11. The zero-order chi connectivity index (χ0) is 18.5. The molecule has 3 rings (SSSR count). The maximum absolute atomic E-state index is 13.6. The highest BCUT2D eigenvalue weighted by Crippen LogP contribution is 2.28. The van der Waals surface area contributed by atoms with Gasteiger partial charge in [0.1, 0.15) is 0 Å². The number of carbonyl (C=O) groups is 1. The van der Waals surface area contributed by atoms with Crippen molar-refractivity contribution in [3.63, 3.8) is 0 Å². The number of halogens is 3. The van der Waals surface area contributed by atoms with Gasteiger partial charge < -0.3 is 10.6 Å². The molecule has 1 amide bonds. The van der Waals surface area contributed by atoms with Gasteiger partial charge in [-0.05, 0) is 42.6 Å². The fourth-order valence-electron chi connectivity index (χ4n) is 3.69. The highest BCUT2D eigenvalue weighted by atomic mass is 35.5. The molecule has 3 nitrogen and oxygen atoms in total. The Kier molecular flexibility index (Phi) is 7.75. The number of hydrogen-bond donors (Lipinski definition) is 2. The van der Waals surface area contributed by atoms with E-state index in [1.54, 1.807) is 6.07 Å². The lowest BCUT2D eigenvalue weighted by molar-refractivity contribution is -0.123. The Hall–Kier alpha value is -1.98. The number of carbonyl (C=O) groups excluding carboxylic acids is 1. The topological polar surface area (TPSA) is 41.1 Å². The van der Waals surface area contributed by atoms with Gasteiger partial charge in [-0.3, -0.25) is 4.79 Å². The standard InChI is InChI=1S/C21H24F2N2O.ClH/c1-2-16(14-6-4-3-5-7-14)21(26)25-20-13-24-11-10-17(20)15-8-9-18(22)19(23)12-15;/h3-9,12,16-17,20,24H,2,10-11,13H2,1H3,(H,25,26);1H. The summed E-state index contributed by atoms with van der Waals surface area (Å²) >= 11 is 0. The Labute approximate surface area is 165 Å². The molecule has 1 aliphatic rings. The molecule has 0 aliphatic carbocycles. The molecule has 0 saturated carbocycles. The molecular weight excluding hydrogens is 370 g/mol. The van der Waals surface area contributed by atoms with Crippen LogP contribution in [-0.4, -0.2) is 25.0 Å². The summed E-state index contributed by atoms with van der Waals surface area (Å²) in [6.07, 6.45) is 1.46. The van der Waals surface area contributed by atoms with Crippen molar-refractivity contribution in [1.29, 1.82) is 0 Å². The zero-order valence-corrected chi connectivity index (χ0v) is 16.1. The minimum atomic E-state index is -0.849. The van der Waals surface area contributed by atoms with Crippen molar-refractivity contribution in [3.05, 3.63) is 71.3 Å². The van der Waals surface area contributed by atoms with Gasteiger partial charge in [0.05, 0.1) is 5.92 Å². The second-order valence-electron chi connectivity index (χ2n) is 6.76. The number of nitrogens with one attached hydrogen (secondary N) is 2. The first kappa shape index (κ1) is 21.3. The minimum absolute atomic E-state index is 0. The molecule has 0 spiro atoms. The molecule has 0 aromatic heterocycles. The Bertz CT molecular complexity index is 757. The van der Waals surface area contributed by atoms with Crippen molar-refractivity contribution in [1.82, 2.24) is 10.6 Å². The quantitative estimate of drug-likeness (QED) is 0.800. The summed E-state index contributed by atoms with van der Waals surface area (Å²) in [6.45, 7) is 3.38. The lowest BCUT2D eigenvalue weighted by atomic mass is 9.85. The van der Waals surface area contributed by atoms with Crippen molar-refractivity contribution in [2.24, 2.45) is 0 Å². The highest BCUT2D eigenvalue weighted by Gasteiger charge is 2.30. The molecule has 3 atom stereocenters. The Morgan fingerprint density at radius 3 is 2.59 bits per heavy atom. The van der Waals surface area contributed by atoms with Crippen LogP contribution in [0.4, 0.5) is 8.78 Å². The molecule has 1 fully saturated rings. The van der Waals surface area contributed by atoms with Gasteiger partial charge in [0.25, 0.3) is 0 Å². The third kappa shape index (κ3) is 5.05. The van der Waals surface area contributed by atoms with E-state index in [1.807, 2.05) is 37.3 Å². The van der Waals surface area contributed by atoms with Crippen LogP contribution in [0.1, 0.15) is 42.7 Å². The molecule has 1 aliphatic heterocycles. The molecule has 0 bridgehead atoms. The fourth-order valence-corrected chi connectivity index (χ4v) is 3.69. The van der Waals surface area contributed by atoms with E-state index in [-0.39, 0.29) is 36.2 Å². The van der Waals surface area contributed by atoms with E-state index in [2.05, 4.69) is 10.6 Å². The molecule has 1 saturated heterocycles. The monoisotopic (exact) mass is 394 g/mol. The maximum Gasteiger partial charge on any atom is 0.227 e. The summed E-state index contributed by atoms with van der Waals surface area (Å²) in [5.74, 6) is -1.98. The first-order chi connectivity index (χ1) is 12.6. The van der Waals surface area contributed by atoms with Crippen LogP contribution in [0.3, 0.4) is 0 Å². The average molecular weight is 395 g/mol. The molecule has 1 heterocycles. The van der Waals surface area contributed by atoms with E-state index in [9.17, 15) is 13.6 Å². The van der Waals surface area contributed by atoms with Crippen LogP contribution in [0.25, 0.3) is 0 Å². The average Bonchev–Trinajstić information content (AvgIpc) is 2.66. The van der Waals surface area contributed by atoms with Crippen molar-refractivity contribution >= 4 is 18.3 Å². The zero-order valence-electron chi connectivity index (χ0n) is 15.3. The first-order valence-electron chi connectivity index (χ1n) is 9.11. The predicted molar refractivity (Wildman–Crippen MR) is 105 cm³/mol. The fraction of sp³-hybridized carbons (Fsp3) is 0.381. The number of rotatable bonds is 5. The van der Waals surface area contributed by atoms with Crippen LogP contribution in [-0.2, 0) is 4.79 Å². The van der Waals surface area contributed by atoms with Crippen molar-refractivity contribution < 1.29 is 13.6 Å². The van der Waals surface area contributed by atoms with Gasteiger partial charge in [-0.15, -0.1) is 12.4 Å². The van der Waals surface area contributed by atoms with E-state index >= 15 is 0 Å². The van der Waals surface area contributed by atoms with Gasteiger partial charge >= 0.3 is 0 Å². The SMILES string of the molecule is CCC(C(=O)NC1CNCCC1c1ccc(F)c(F)c1)c1ccccc1.Cl. The number of amides is 1. The number of hydrogen-bond acceptors (Lipinski definition) is 2. The van der Waals surface area contributed by atoms with E-state index in [1.165, 1.54) is 6.07 Å².